The Kier molecular flexibility index (Phi) is 2.60. The summed E-state index contributed by atoms with van der Waals surface area (Å²) in [4.78, 5) is 24.7. The molecule has 0 atom stereocenters. The number of aromatic nitrogens is 3. The van der Waals surface area contributed by atoms with Crippen LogP contribution in [0.3, 0.4) is 0 Å². The number of carbonyl (C=O) groups is 2. The van der Waals surface area contributed by atoms with Gasteiger partial charge in [-0.05, 0) is 6.07 Å². The first-order chi connectivity index (χ1) is 9.49. The molecule has 0 aliphatic carbocycles. The van der Waals surface area contributed by atoms with Gasteiger partial charge in [-0.2, -0.15) is 0 Å². The SMILES string of the molecule is Cn1cnnc1CN1C(=O)C(=O)c2cc(F)c(F)cc21. The summed E-state index contributed by atoms with van der Waals surface area (Å²) >= 11 is 0. The first-order valence-corrected chi connectivity index (χ1v) is 5.67. The van der Waals surface area contributed by atoms with Gasteiger partial charge in [-0.1, -0.05) is 0 Å². The van der Waals surface area contributed by atoms with Crippen molar-refractivity contribution in [1.29, 1.82) is 0 Å². The van der Waals surface area contributed by atoms with Gasteiger partial charge in [-0.3, -0.25) is 14.5 Å². The Hall–Kier alpha value is -2.64. The number of hydrogen-bond donors (Lipinski definition) is 0. The topological polar surface area (TPSA) is 68.1 Å². The fourth-order valence-corrected chi connectivity index (χ4v) is 2.04. The van der Waals surface area contributed by atoms with Gasteiger partial charge in [-0.25, -0.2) is 8.78 Å². The molecular formula is C12H8F2N4O2. The van der Waals surface area contributed by atoms with Crippen LogP contribution in [0.25, 0.3) is 0 Å². The van der Waals surface area contributed by atoms with Crippen LogP contribution in [0.4, 0.5) is 14.5 Å². The second-order valence-electron chi connectivity index (χ2n) is 4.36. The molecule has 102 valence electrons. The van der Waals surface area contributed by atoms with Gasteiger partial charge in [0.2, 0.25) is 0 Å². The van der Waals surface area contributed by atoms with Crippen molar-refractivity contribution in [2.24, 2.45) is 7.05 Å². The van der Waals surface area contributed by atoms with Gasteiger partial charge in [0.15, 0.2) is 17.5 Å². The van der Waals surface area contributed by atoms with Crippen LogP contribution < -0.4 is 4.90 Å². The van der Waals surface area contributed by atoms with Crippen LogP contribution in [-0.2, 0) is 18.4 Å². The minimum Gasteiger partial charge on any atom is -0.319 e. The summed E-state index contributed by atoms with van der Waals surface area (Å²) in [6, 6.07) is 1.57. The lowest BCUT2D eigenvalue weighted by molar-refractivity contribution is -0.114. The highest BCUT2D eigenvalue weighted by Gasteiger charge is 2.37. The molecule has 20 heavy (non-hydrogen) atoms. The summed E-state index contributed by atoms with van der Waals surface area (Å²) in [5, 5.41) is 7.44. The van der Waals surface area contributed by atoms with E-state index in [1.807, 2.05) is 0 Å². The number of anilines is 1. The molecule has 1 amide bonds. The van der Waals surface area contributed by atoms with Gasteiger partial charge in [-0.15, -0.1) is 10.2 Å². The lowest BCUT2D eigenvalue weighted by atomic mass is 10.1. The maximum Gasteiger partial charge on any atom is 0.299 e. The minimum atomic E-state index is -1.16. The van der Waals surface area contributed by atoms with Crippen molar-refractivity contribution in [2.75, 3.05) is 4.90 Å². The van der Waals surface area contributed by atoms with E-state index < -0.39 is 23.3 Å². The largest absolute Gasteiger partial charge is 0.319 e. The molecule has 6 nitrogen and oxygen atoms in total. The van der Waals surface area contributed by atoms with Gasteiger partial charge in [0.1, 0.15) is 6.33 Å². The Balaban J connectivity index is 2.06. The van der Waals surface area contributed by atoms with Crippen molar-refractivity contribution < 1.29 is 18.4 Å². The van der Waals surface area contributed by atoms with E-state index >= 15 is 0 Å². The summed E-state index contributed by atoms with van der Waals surface area (Å²) in [7, 11) is 1.67. The van der Waals surface area contributed by atoms with Crippen molar-refractivity contribution in [2.45, 2.75) is 6.54 Å². The lowest BCUT2D eigenvalue weighted by Gasteiger charge is -2.15. The molecule has 1 aromatic carbocycles. The van der Waals surface area contributed by atoms with Crippen molar-refractivity contribution in [3.05, 3.63) is 41.5 Å². The standard InChI is InChI=1S/C12H8F2N4O2/c1-17-5-15-16-10(17)4-18-9-3-8(14)7(13)2-6(9)11(19)12(18)20/h2-3,5H,4H2,1H3. The van der Waals surface area contributed by atoms with Gasteiger partial charge in [0, 0.05) is 13.1 Å². The Morgan fingerprint density at radius 2 is 1.90 bits per heavy atom. The fourth-order valence-electron chi connectivity index (χ4n) is 2.04. The number of fused-ring (bicyclic) bond motifs is 1. The van der Waals surface area contributed by atoms with E-state index in [4.69, 9.17) is 0 Å². The number of amides is 1. The van der Waals surface area contributed by atoms with E-state index in [1.165, 1.54) is 6.33 Å². The van der Waals surface area contributed by atoms with Crippen LogP contribution in [0.2, 0.25) is 0 Å². The van der Waals surface area contributed by atoms with E-state index in [1.54, 1.807) is 11.6 Å². The molecule has 1 aliphatic heterocycles. The van der Waals surface area contributed by atoms with Gasteiger partial charge in [0.05, 0.1) is 17.8 Å². The Morgan fingerprint density at radius 1 is 1.20 bits per heavy atom. The number of Topliss-reactive ketones (excluding diaryl/α,β-unsaturated/α-hetero) is 1. The molecule has 0 saturated carbocycles. The number of aryl methyl sites for hydroxylation is 1. The highest BCUT2D eigenvalue weighted by molar-refractivity contribution is 6.52. The third-order valence-electron chi connectivity index (χ3n) is 3.12. The third-order valence-corrected chi connectivity index (χ3v) is 3.12. The van der Waals surface area contributed by atoms with Gasteiger partial charge >= 0.3 is 0 Å². The highest BCUT2D eigenvalue weighted by Crippen LogP contribution is 2.31. The number of ketones is 1. The fraction of sp³-hybridized carbons (Fsp3) is 0.167. The van der Waals surface area contributed by atoms with Gasteiger partial charge < -0.3 is 4.57 Å². The first-order valence-electron chi connectivity index (χ1n) is 5.67. The number of benzene rings is 1. The smallest absolute Gasteiger partial charge is 0.299 e. The number of halogens is 2. The molecule has 2 heterocycles. The Morgan fingerprint density at radius 3 is 2.55 bits per heavy atom. The van der Waals surface area contributed by atoms with Crippen LogP contribution in [0.5, 0.6) is 0 Å². The summed E-state index contributed by atoms with van der Waals surface area (Å²) in [5.74, 6) is -3.56. The van der Waals surface area contributed by atoms with E-state index in [2.05, 4.69) is 10.2 Å². The maximum atomic E-state index is 13.3. The molecule has 1 aromatic heterocycles. The van der Waals surface area contributed by atoms with Crippen LogP contribution in [-0.4, -0.2) is 26.5 Å². The van der Waals surface area contributed by atoms with Crippen molar-refractivity contribution in [3.8, 4) is 0 Å². The van der Waals surface area contributed by atoms with Crippen LogP contribution in [0, 0.1) is 11.6 Å². The molecule has 0 saturated heterocycles. The molecule has 0 spiro atoms. The summed E-state index contributed by atoms with van der Waals surface area (Å²) < 4.78 is 28.0. The predicted octanol–water partition coefficient (Wildman–Crippen LogP) is 0.823. The Labute approximate surface area is 111 Å². The molecule has 0 bridgehead atoms. The van der Waals surface area contributed by atoms with E-state index in [0.717, 1.165) is 17.0 Å². The molecule has 8 heteroatoms. The van der Waals surface area contributed by atoms with E-state index in [0.29, 0.717) is 5.82 Å². The van der Waals surface area contributed by atoms with Crippen LogP contribution >= 0.6 is 0 Å². The van der Waals surface area contributed by atoms with Crippen LogP contribution in [0.15, 0.2) is 18.5 Å². The van der Waals surface area contributed by atoms with E-state index in [-0.39, 0.29) is 17.8 Å². The Bertz CT molecular complexity index is 741. The van der Waals surface area contributed by atoms with Crippen LogP contribution in [0.1, 0.15) is 16.2 Å². The average molecular weight is 278 g/mol. The second kappa shape index (κ2) is 4.19. The minimum absolute atomic E-state index is 0.0425. The second-order valence-corrected chi connectivity index (χ2v) is 4.36. The van der Waals surface area contributed by atoms with Crippen molar-refractivity contribution in [1.82, 2.24) is 14.8 Å². The quantitative estimate of drug-likeness (QED) is 0.763. The average Bonchev–Trinajstić information content (AvgIpc) is 2.90. The lowest BCUT2D eigenvalue weighted by Crippen LogP contribution is -2.30. The zero-order chi connectivity index (χ0) is 14.4. The van der Waals surface area contributed by atoms with Crippen molar-refractivity contribution >= 4 is 17.4 Å². The number of rotatable bonds is 2. The summed E-state index contributed by atoms with van der Waals surface area (Å²) in [5.41, 5.74) is -0.0991. The predicted molar refractivity (Wildman–Crippen MR) is 62.9 cm³/mol. The molecule has 0 N–H and O–H groups in total. The summed E-state index contributed by atoms with van der Waals surface area (Å²) in [6.45, 7) is -0.0425. The molecule has 3 rings (SSSR count). The first kappa shape index (κ1) is 12.4. The highest BCUT2D eigenvalue weighted by atomic mass is 19.2. The van der Waals surface area contributed by atoms with Crippen molar-refractivity contribution in [3.63, 3.8) is 0 Å². The van der Waals surface area contributed by atoms with Gasteiger partial charge in [0.25, 0.3) is 11.7 Å². The maximum absolute atomic E-state index is 13.3. The zero-order valence-electron chi connectivity index (χ0n) is 10.3. The normalized spacial score (nSPS) is 14.1. The number of nitrogens with zero attached hydrogens (tertiary/aromatic N) is 4. The van der Waals surface area contributed by atoms with E-state index in [9.17, 15) is 18.4 Å². The molecule has 0 unspecified atom stereocenters. The molecule has 2 aromatic rings. The molecule has 0 radical (unpaired) electrons. The molecule has 1 aliphatic rings. The third kappa shape index (κ3) is 1.68. The summed E-state index contributed by atoms with van der Waals surface area (Å²) in [6.07, 6.45) is 1.43. The zero-order valence-corrected chi connectivity index (χ0v) is 10.3. The monoisotopic (exact) mass is 278 g/mol. The number of carbonyl (C=O) groups excluding carboxylic acids is 2. The molecular weight excluding hydrogens is 270 g/mol. The molecule has 0 fully saturated rings. The number of hydrogen-bond acceptors (Lipinski definition) is 4.